The lowest BCUT2D eigenvalue weighted by molar-refractivity contribution is 0.172. The van der Waals surface area contributed by atoms with Crippen LogP contribution in [0.25, 0.3) is 11.3 Å². The van der Waals surface area contributed by atoms with E-state index in [9.17, 15) is 9.18 Å². The van der Waals surface area contributed by atoms with Crippen LogP contribution in [0.15, 0.2) is 35.5 Å². The van der Waals surface area contributed by atoms with Crippen molar-refractivity contribution in [1.29, 1.82) is 0 Å². The number of hydrogen-bond donors (Lipinski definition) is 0. The Bertz CT molecular complexity index is 968. The van der Waals surface area contributed by atoms with Crippen molar-refractivity contribution in [2.45, 2.75) is 32.2 Å². The topological polar surface area (TPSA) is 82.8 Å². The Balaban J connectivity index is 1.77. The van der Waals surface area contributed by atoms with Gasteiger partial charge in [-0.1, -0.05) is 16.2 Å². The molecule has 3 rings (SSSR count). The second-order valence-electron chi connectivity index (χ2n) is 6.11. The Morgan fingerprint density at radius 3 is 2.63 bits per heavy atom. The van der Waals surface area contributed by atoms with Crippen molar-refractivity contribution in [3.05, 3.63) is 51.0 Å². The lowest BCUT2D eigenvalue weighted by Crippen LogP contribution is -2.22. The van der Waals surface area contributed by atoms with Crippen LogP contribution in [0.5, 0.6) is 6.01 Å². The predicted molar refractivity (Wildman–Crippen MR) is 105 cm³/mol. The zero-order valence-electron chi connectivity index (χ0n) is 14.9. The molecule has 0 N–H and O–H groups in total. The van der Waals surface area contributed by atoms with Crippen molar-refractivity contribution in [1.82, 2.24) is 24.7 Å². The summed E-state index contributed by atoms with van der Waals surface area (Å²) in [6.45, 7) is 3.60. The zero-order chi connectivity index (χ0) is 19.4. The zero-order valence-corrected chi connectivity index (χ0v) is 16.9. The maximum atomic E-state index is 13.4. The molecule has 2 unspecified atom stereocenters. The number of hydrogen-bond acceptors (Lipinski definition) is 7. The summed E-state index contributed by atoms with van der Waals surface area (Å²) in [4.78, 5) is 25.5. The molecule has 0 saturated carbocycles. The Hall–Kier alpha value is -2.25. The van der Waals surface area contributed by atoms with E-state index in [0.29, 0.717) is 17.8 Å². The highest BCUT2D eigenvalue weighted by molar-refractivity contribution is 7.18. The molecule has 0 aliphatic rings. The highest BCUT2D eigenvalue weighted by Crippen LogP contribution is 2.21. The van der Waals surface area contributed by atoms with E-state index in [4.69, 9.17) is 4.74 Å². The lowest BCUT2D eigenvalue weighted by Gasteiger charge is -2.13. The highest BCUT2D eigenvalue weighted by atomic mass is 32.1. The van der Waals surface area contributed by atoms with Crippen molar-refractivity contribution in [2.75, 3.05) is 6.61 Å². The normalized spacial score (nSPS) is 13.3. The standard InChI is InChI=1S/C17H19FN5O2PS/c1-3-14-19-8-12(27-14)9-23-15(24)5-4-13(22-23)11-6-20-16(21-7-11)25-10-17(2,18)26/h4-8H,3,9-10,26H2,1-2H3. The third-order valence-electron chi connectivity index (χ3n) is 3.48. The molecule has 0 saturated heterocycles. The number of nitrogens with zero attached hydrogens (tertiary/aromatic N) is 5. The summed E-state index contributed by atoms with van der Waals surface area (Å²) in [5.41, 5.74) is 0.986. The summed E-state index contributed by atoms with van der Waals surface area (Å²) in [7, 11) is 2.05. The van der Waals surface area contributed by atoms with E-state index in [1.165, 1.54) is 30.1 Å². The van der Waals surface area contributed by atoms with Gasteiger partial charge in [-0.3, -0.25) is 4.79 Å². The third kappa shape index (κ3) is 5.37. The van der Waals surface area contributed by atoms with Crippen LogP contribution in [0, 0.1) is 0 Å². The summed E-state index contributed by atoms with van der Waals surface area (Å²) in [6, 6.07) is 3.15. The minimum Gasteiger partial charge on any atom is -0.460 e. The molecule has 0 bridgehead atoms. The number of aromatic nitrogens is 5. The second kappa shape index (κ2) is 8.19. The fraction of sp³-hybridized carbons (Fsp3) is 0.353. The first-order valence-corrected chi connectivity index (χ1v) is 9.68. The van der Waals surface area contributed by atoms with Crippen molar-refractivity contribution in [3.8, 4) is 17.3 Å². The fourth-order valence-electron chi connectivity index (χ4n) is 2.18. The number of halogens is 1. The summed E-state index contributed by atoms with van der Waals surface area (Å²) in [6.07, 6.45) is 5.68. The molecule has 0 amide bonds. The molecular weight excluding hydrogens is 388 g/mol. The monoisotopic (exact) mass is 407 g/mol. The van der Waals surface area contributed by atoms with Gasteiger partial charge in [0.25, 0.3) is 5.56 Å². The van der Waals surface area contributed by atoms with Gasteiger partial charge in [-0.25, -0.2) is 24.0 Å². The van der Waals surface area contributed by atoms with Gasteiger partial charge in [0.15, 0.2) is 5.41 Å². The van der Waals surface area contributed by atoms with Crippen LogP contribution in [0.3, 0.4) is 0 Å². The molecule has 3 aromatic heterocycles. The van der Waals surface area contributed by atoms with Crippen LogP contribution >= 0.6 is 20.6 Å². The van der Waals surface area contributed by atoms with E-state index in [0.717, 1.165) is 16.3 Å². The first-order valence-electron chi connectivity index (χ1n) is 8.29. The summed E-state index contributed by atoms with van der Waals surface area (Å²) in [5, 5.41) is 3.86. The lowest BCUT2D eigenvalue weighted by atomic mass is 10.2. The molecule has 0 radical (unpaired) electrons. The number of ether oxygens (including phenoxy) is 1. The fourth-order valence-corrected chi connectivity index (χ4v) is 3.10. The molecule has 3 aromatic rings. The predicted octanol–water partition coefficient (Wildman–Crippen LogP) is 2.71. The number of aryl methyl sites for hydroxylation is 1. The quantitative estimate of drug-likeness (QED) is 0.560. The summed E-state index contributed by atoms with van der Waals surface area (Å²) >= 11 is 1.56. The van der Waals surface area contributed by atoms with Crippen LogP contribution < -0.4 is 10.3 Å². The van der Waals surface area contributed by atoms with Gasteiger partial charge in [0, 0.05) is 35.1 Å². The van der Waals surface area contributed by atoms with E-state index in [2.05, 4.69) is 29.3 Å². The van der Waals surface area contributed by atoms with Crippen molar-refractivity contribution < 1.29 is 9.13 Å². The molecule has 0 aromatic carbocycles. The van der Waals surface area contributed by atoms with E-state index >= 15 is 0 Å². The molecule has 0 spiro atoms. The average Bonchev–Trinajstić information content (AvgIpc) is 3.09. The minimum atomic E-state index is -1.55. The van der Waals surface area contributed by atoms with E-state index in [1.807, 2.05) is 6.92 Å². The van der Waals surface area contributed by atoms with Crippen LogP contribution in [0.2, 0.25) is 0 Å². The largest absolute Gasteiger partial charge is 0.460 e. The van der Waals surface area contributed by atoms with Crippen LogP contribution in [0.4, 0.5) is 4.39 Å². The molecule has 0 aliphatic carbocycles. The second-order valence-corrected chi connectivity index (χ2v) is 8.51. The maximum Gasteiger partial charge on any atom is 0.316 e. The molecule has 3 heterocycles. The smallest absolute Gasteiger partial charge is 0.316 e. The Kier molecular flexibility index (Phi) is 5.92. The molecule has 0 fully saturated rings. The number of thiazole rings is 1. The van der Waals surface area contributed by atoms with Gasteiger partial charge in [0.2, 0.25) is 0 Å². The average molecular weight is 407 g/mol. The van der Waals surface area contributed by atoms with E-state index in [-0.39, 0.29) is 18.2 Å². The van der Waals surface area contributed by atoms with Crippen LogP contribution in [0.1, 0.15) is 23.7 Å². The SMILES string of the molecule is CCc1ncc(Cn2nc(-c3cnc(OCC(C)(F)P)nc3)ccc2=O)s1. The van der Waals surface area contributed by atoms with Gasteiger partial charge in [-0.15, -0.1) is 11.3 Å². The minimum absolute atomic E-state index is 0.0788. The summed E-state index contributed by atoms with van der Waals surface area (Å²) in [5.74, 6) is 0. The number of alkyl halides is 1. The first kappa shape index (κ1) is 19.5. The van der Waals surface area contributed by atoms with Gasteiger partial charge in [0.1, 0.15) is 6.61 Å². The molecule has 7 nitrogen and oxygen atoms in total. The molecule has 10 heteroatoms. The molecule has 27 heavy (non-hydrogen) atoms. The van der Waals surface area contributed by atoms with Crippen molar-refractivity contribution in [2.24, 2.45) is 0 Å². The van der Waals surface area contributed by atoms with E-state index < -0.39 is 5.41 Å². The highest BCUT2D eigenvalue weighted by Gasteiger charge is 2.17. The Labute approximate surface area is 161 Å². The van der Waals surface area contributed by atoms with E-state index in [1.54, 1.807) is 23.6 Å². The van der Waals surface area contributed by atoms with Crippen LogP contribution in [-0.2, 0) is 13.0 Å². The van der Waals surface area contributed by atoms with Crippen molar-refractivity contribution in [3.63, 3.8) is 0 Å². The van der Waals surface area contributed by atoms with Gasteiger partial charge < -0.3 is 4.74 Å². The Morgan fingerprint density at radius 2 is 2.00 bits per heavy atom. The first-order chi connectivity index (χ1) is 12.8. The molecule has 0 aliphatic heterocycles. The maximum absolute atomic E-state index is 13.4. The van der Waals surface area contributed by atoms with Gasteiger partial charge in [-0.05, 0) is 19.4 Å². The van der Waals surface area contributed by atoms with Crippen LogP contribution in [-0.4, -0.2) is 36.7 Å². The number of rotatable bonds is 7. The molecule has 2 atom stereocenters. The van der Waals surface area contributed by atoms with Gasteiger partial charge in [-0.2, -0.15) is 5.10 Å². The van der Waals surface area contributed by atoms with Crippen molar-refractivity contribution >= 4 is 20.6 Å². The van der Waals surface area contributed by atoms with Gasteiger partial charge >= 0.3 is 6.01 Å². The summed E-state index contributed by atoms with van der Waals surface area (Å²) < 4.78 is 20.0. The Morgan fingerprint density at radius 1 is 1.26 bits per heavy atom. The molecular formula is C17H19FN5O2PS. The molecule has 142 valence electrons. The third-order valence-corrected chi connectivity index (χ3v) is 4.78. The van der Waals surface area contributed by atoms with Gasteiger partial charge in [0.05, 0.1) is 17.2 Å².